The molecule has 1 aromatic carbocycles. The van der Waals surface area contributed by atoms with Crippen LogP contribution in [0, 0.1) is 5.82 Å². The molecule has 2 saturated carbocycles. The molecule has 0 radical (unpaired) electrons. The van der Waals surface area contributed by atoms with Crippen LogP contribution in [0.2, 0.25) is 0 Å². The van der Waals surface area contributed by atoms with Crippen molar-refractivity contribution in [3.05, 3.63) is 38.8 Å². The molecule has 8 heteroatoms. The Morgan fingerprint density at radius 1 is 1.09 bits per heavy atom. The zero-order valence-corrected chi connectivity index (χ0v) is 19.4. The van der Waals surface area contributed by atoms with Crippen LogP contribution in [0.3, 0.4) is 0 Å². The Morgan fingerprint density at radius 3 is 2.48 bits per heavy atom. The Labute approximate surface area is 192 Å². The molecule has 2 aromatic rings. The number of rotatable bonds is 8. The van der Waals surface area contributed by atoms with Crippen LogP contribution in [-0.4, -0.2) is 27.8 Å². The predicted molar refractivity (Wildman–Crippen MR) is 126 cm³/mol. The van der Waals surface area contributed by atoms with Crippen LogP contribution in [0.15, 0.2) is 21.7 Å². The van der Waals surface area contributed by atoms with Crippen molar-refractivity contribution >= 4 is 22.6 Å². The Morgan fingerprint density at radius 2 is 1.79 bits per heavy atom. The van der Waals surface area contributed by atoms with E-state index in [0.29, 0.717) is 24.2 Å². The van der Waals surface area contributed by atoms with Gasteiger partial charge in [-0.05, 0) is 51.2 Å². The van der Waals surface area contributed by atoms with Crippen LogP contribution in [0.25, 0.3) is 10.9 Å². The molecule has 0 unspecified atom stereocenters. The second-order valence-electron chi connectivity index (χ2n) is 9.28. The molecule has 0 bridgehead atoms. The van der Waals surface area contributed by atoms with E-state index in [1.807, 2.05) is 0 Å². The number of aromatic nitrogens is 2. The number of nitrogens with zero attached hydrogens (tertiary/aromatic N) is 2. The molecule has 1 heterocycles. The monoisotopic (exact) mass is 459 g/mol. The quantitative estimate of drug-likeness (QED) is 0.588. The predicted octanol–water partition coefficient (Wildman–Crippen LogP) is 4.51. The molecule has 1 aromatic heterocycles. The summed E-state index contributed by atoms with van der Waals surface area (Å²) < 4.78 is 22.9. The van der Waals surface area contributed by atoms with Gasteiger partial charge in [-0.3, -0.25) is 18.7 Å². The molecule has 0 atom stereocenters. The van der Waals surface area contributed by atoms with Gasteiger partial charge in [-0.2, -0.15) is 0 Å². The lowest BCUT2D eigenvalue weighted by Gasteiger charge is -2.25. The molecule has 0 spiro atoms. The zero-order valence-electron chi connectivity index (χ0n) is 19.4. The highest BCUT2D eigenvalue weighted by Gasteiger charge is 2.25. The summed E-state index contributed by atoms with van der Waals surface area (Å²) in [7, 11) is 0. The van der Waals surface area contributed by atoms with Gasteiger partial charge in [0.1, 0.15) is 5.82 Å². The van der Waals surface area contributed by atoms with E-state index in [-0.39, 0.29) is 42.1 Å². The smallest absolute Gasteiger partial charge is 0.331 e. The average molecular weight is 460 g/mol. The van der Waals surface area contributed by atoms with Crippen LogP contribution >= 0.6 is 0 Å². The lowest BCUT2D eigenvalue weighted by molar-refractivity contribution is -0.143. The van der Waals surface area contributed by atoms with Crippen molar-refractivity contribution < 1.29 is 13.9 Å². The average Bonchev–Trinajstić information content (AvgIpc) is 3.33. The maximum absolute atomic E-state index is 15.1. The summed E-state index contributed by atoms with van der Waals surface area (Å²) in [4.78, 5) is 38.4. The summed E-state index contributed by atoms with van der Waals surface area (Å²) >= 11 is 0. The molecule has 180 valence electrons. The molecule has 4 rings (SSSR count). The van der Waals surface area contributed by atoms with Gasteiger partial charge in [0.15, 0.2) is 0 Å². The first-order chi connectivity index (χ1) is 16.0. The maximum Gasteiger partial charge on any atom is 0.331 e. The number of nitrogens with one attached hydrogen (secondary N) is 1. The second kappa shape index (κ2) is 10.5. The molecule has 2 aliphatic carbocycles. The Balaban J connectivity index is 1.74. The van der Waals surface area contributed by atoms with E-state index in [9.17, 15) is 14.4 Å². The summed E-state index contributed by atoms with van der Waals surface area (Å²) in [5.74, 6) is -0.827. The fraction of sp³-hybridized carbons (Fsp3) is 0.640. The molecule has 7 nitrogen and oxygen atoms in total. The highest BCUT2D eigenvalue weighted by atomic mass is 19.1. The minimum atomic E-state index is -0.503. The molecule has 1 N–H and O–H groups in total. The van der Waals surface area contributed by atoms with Crippen LogP contribution in [-0.2, 0) is 16.1 Å². The van der Waals surface area contributed by atoms with Gasteiger partial charge >= 0.3 is 11.7 Å². The van der Waals surface area contributed by atoms with E-state index in [0.717, 1.165) is 55.9 Å². The third kappa shape index (κ3) is 5.14. The van der Waals surface area contributed by atoms with Gasteiger partial charge in [-0.25, -0.2) is 9.18 Å². The molecular weight excluding hydrogens is 425 g/mol. The van der Waals surface area contributed by atoms with Crippen molar-refractivity contribution in [1.82, 2.24) is 9.13 Å². The number of anilines is 1. The van der Waals surface area contributed by atoms with E-state index in [1.165, 1.54) is 12.5 Å². The zero-order chi connectivity index (χ0) is 23.4. The fourth-order valence-electron chi connectivity index (χ4n) is 5.30. The van der Waals surface area contributed by atoms with Gasteiger partial charge < -0.3 is 10.1 Å². The summed E-state index contributed by atoms with van der Waals surface area (Å²) in [6.45, 7) is 2.13. The number of fused-ring (bicyclic) bond motifs is 1. The van der Waals surface area contributed by atoms with E-state index in [2.05, 4.69) is 5.32 Å². The highest BCUT2D eigenvalue weighted by Crippen LogP contribution is 2.32. The number of carbonyl (C=O) groups excluding carboxylic acids is 1. The lowest BCUT2D eigenvalue weighted by Crippen LogP contribution is -2.41. The van der Waals surface area contributed by atoms with Gasteiger partial charge in [0.05, 0.1) is 23.2 Å². The number of hydrogen-bond acceptors (Lipinski definition) is 5. The molecule has 2 aliphatic rings. The standard InChI is InChI=1S/C25H34FN3O4/c1-2-33-23(30)13-8-14-28-24(31)19-15-20(26)21(27-17-9-4-3-5-10-17)16-22(19)29(25(28)32)18-11-6-7-12-18/h15-18,27H,2-14H2,1H3. The number of carbonyl (C=O) groups is 1. The molecular formula is C25H34FN3O4. The molecule has 0 amide bonds. The topological polar surface area (TPSA) is 82.3 Å². The van der Waals surface area contributed by atoms with Crippen molar-refractivity contribution in [2.75, 3.05) is 11.9 Å². The van der Waals surface area contributed by atoms with Crippen molar-refractivity contribution in [3.63, 3.8) is 0 Å². The Hall–Kier alpha value is -2.64. The first kappa shape index (κ1) is 23.5. The summed E-state index contributed by atoms with van der Waals surface area (Å²) in [6, 6.07) is 3.13. The molecule has 0 aliphatic heterocycles. The van der Waals surface area contributed by atoms with Crippen molar-refractivity contribution in [2.24, 2.45) is 0 Å². The number of halogens is 1. The third-order valence-electron chi connectivity index (χ3n) is 6.98. The number of hydrogen-bond donors (Lipinski definition) is 1. The van der Waals surface area contributed by atoms with Crippen molar-refractivity contribution in [2.45, 2.75) is 96.2 Å². The van der Waals surface area contributed by atoms with Crippen LogP contribution in [0.5, 0.6) is 0 Å². The van der Waals surface area contributed by atoms with Gasteiger partial charge in [0.25, 0.3) is 5.56 Å². The van der Waals surface area contributed by atoms with E-state index in [4.69, 9.17) is 4.74 Å². The second-order valence-corrected chi connectivity index (χ2v) is 9.28. The van der Waals surface area contributed by atoms with E-state index < -0.39 is 11.4 Å². The SMILES string of the molecule is CCOC(=O)CCCn1c(=O)c2cc(F)c(NC3CCCCC3)cc2n(C2CCCC2)c1=O. The van der Waals surface area contributed by atoms with Gasteiger partial charge in [0, 0.05) is 25.0 Å². The van der Waals surface area contributed by atoms with Crippen LogP contribution in [0.1, 0.15) is 83.6 Å². The molecule has 0 saturated heterocycles. The lowest BCUT2D eigenvalue weighted by atomic mass is 9.95. The van der Waals surface area contributed by atoms with Crippen molar-refractivity contribution in [1.29, 1.82) is 0 Å². The Bertz CT molecular complexity index is 1110. The third-order valence-corrected chi connectivity index (χ3v) is 6.98. The summed E-state index contributed by atoms with van der Waals surface area (Å²) in [6.07, 6.45) is 9.64. The highest BCUT2D eigenvalue weighted by molar-refractivity contribution is 5.82. The molecule has 33 heavy (non-hydrogen) atoms. The largest absolute Gasteiger partial charge is 0.466 e. The first-order valence-corrected chi connectivity index (χ1v) is 12.4. The van der Waals surface area contributed by atoms with Gasteiger partial charge in [0.2, 0.25) is 0 Å². The normalized spacial score (nSPS) is 17.5. The minimum Gasteiger partial charge on any atom is -0.466 e. The van der Waals surface area contributed by atoms with E-state index in [1.54, 1.807) is 17.6 Å². The molecule has 2 fully saturated rings. The Kier molecular flexibility index (Phi) is 7.50. The minimum absolute atomic E-state index is 0.00935. The van der Waals surface area contributed by atoms with Crippen molar-refractivity contribution in [3.8, 4) is 0 Å². The summed E-state index contributed by atoms with van der Waals surface area (Å²) in [5.41, 5.74) is -0.0204. The maximum atomic E-state index is 15.1. The number of ether oxygens (including phenoxy) is 1. The summed E-state index contributed by atoms with van der Waals surface area (Å²) in [5, 5.41) is 3.53. The number of benzene rings is 1. The van der Waals surface area contributed by atoms with Gasteiger partial charge in [-0.1, -0.05) is 32.1 Å². The number of esters is 1. The van der Waals surface area contributed by atoms with Crippen LogP contribution < -0.4 is 16.6 Å². The van der Waals surface area contributed by atoms with E-state index >= 15 is 4.39 Å². The van der Waals surface area contributed by atoms with Crippen LogP contribution in [0.4, 0.5) is 10.1 Å². The van der Waals surface area contributed by atoms with Gasteiger partial charge in [-0.15, -0.1) is 0 Å². The first-order valence-electron chi connectivity index (χ1n) is 12.4. The fourth-order valence-corrected chi connectivity index (χ4v) is 5.30.